The van der Waals surface area contributed by atoms with Crippen LogP contribution in [0.5, 0.6) is 0 Å². The molecular formula is C16H21NO. The van der Waals surface area contributed by atoms with Gasteiger partial charge in [0.1, 0.15) is 0 Å². The van der Waals surface area contributed by atoms with Crippen LogP contribution >= 0.6 is 0 Å². The van der Waals surface area contributed by atoms with E-state index >= 15 is 0 Å². The Bertz CT molecular complexity index is 473. The van der Waals surface area contributed by atoms with E-state index in [0.717, 1.165) is 22.4 Å². The molecule has 18 heavy (non-hydrogen) atoms. The first-order valence-corrected chi connectivity index (χ1v) is 6.05. The summed E-state index contributed by atoms with van der Waals surface area (Å²) in [7, 11) is 0. The van der Waals surface area contributed by atoms with Gasteiger partial charge in [0.2, 0.25) is 0 Å². The van der Waals surface area contributed by atoms with Crippen LogP contribution in [0.2, 0.25) is 0 Å². The molecule has 0 aliphatic rings. The lowest BCUT2D eigenvalue weighted by Crippen LogP contribution is -2.15. The van der Waals surface area contributed by atoms with Crippen molar-refractivity contribution in [2.45, 2.75) is 33.3 Å². The van der Waals surface area contributed by atoms with Crippen molar-refractivity contribution in [2.75, 3.05) is 0 Å². The topological polar surface area (TPSA) is 32.6 Å². The van der Waals surface area contributed by atoms with Crippen molar-refractivity contribution >= 4 is 11.9 Å². The quantitative estimate of drug-likeness (QED) is 0.631. The van der Waals surface area contributed by atoms with Gasteiger partial charge in [-0.25, -0.2) is 0 Å². The molecule has 0 aliphatic carbocycles. The average molecular weight is 243 g/mol. The Morgan fingerprint density at radius 3 is 2.22 bits per heavy atom. The van der Waals surface area contributed by atoms with Crippen LogP contribution in [0.4, 0.5) is 0 Å². The summed E-state index contributed by atoms with van der Waals surface area (Å²) in [4.78, 5) is 4.38. The Balaban J connectivity index is 3.22. The van der Waals surface area contributed by atoms with E-state index in [1.807, 2.05) is 38.1 Å². The van der Waals surface area contributed by atoms with E-state index in [1.165, 1.54) is 0 Å². The minimum atomic E-state index is -0.816. The number of rotatable bonds is 4. The van der Waals surface area contributed by atoms with Crippen molar-refractivity contribution < 1.29 is 5.11 Å². The van der Waals surface area contributed by atoms with Crippen LogP contribution in [0.15, 0.2) is 47.5 Å². The third kappa shape index (κ3) is 3.41. The summed E-state index contributed by atoms with van der Waals surface area (Å²) in [5.74, 6) is 0. The molecular weight excluding hydrogens is 222 g/mol. The second-order valence-corrected chi connectivity index (χ2v) is 4.76. The number of aliphatic hydroxyl groups is 1. The lowest BCUT2D eigenvalue weighted by Gasteiger charge is -2.18. The zero-order valence-corrected chi connectivity index (χ0v) is 11.6. The fourth-order valence-electron chi connectivity index (χ4n) is 1.67. The van der Waals surface area contributed by atoms with E-state index in [2.05, 4.69) is 11.6 Å². The zero-order chi connectivity index (χ0) is 13.8. The molecule has 1 aromatic carbocycles. The predicted molar refractivity (Wildman–Crippen MR) is 78.6 cm³/mol. The number of aliphatic imine (C=N–C) groups is 1. The lowest BCUT2D eigenvalue weighted by atomic mass is 9.96. The van der Waals surface area contributed by atoms with Gasteiger partial charge < -0.3 is 5.11 Å². The normalized spacial score (nSPS) is 13.6. The molecule has 0 spiro atoms. The van der Waals surface area contributed by atoms with Gasteiger partial charge in [-0.1, -0.05) is 36.9 Å². The molecule has 1 rings (SSSR count). The summed E-state index contributed by atoms with van der Waals surface area (Å²) in [5.41, 5.74) is 3.05. The van der Waals surface area contributed by atoms with E-state index in [1.54, 1.807) is 26.1 Å². The molecule has 0 saturated heterocycles. The maximum Gasteiger partial charge on any atom is 0.0840 e. The molecule has 0 heterocycles. The summed E-state index contributed by atoms with van der Waals surface area (Å²) < 4.78 is 0. The highest BCUT2D eigenvalue weighted by Gasteiger charge is 2.15. The summed E-state index contributed by atoms with van der Waals surface area (Å²) in [6.45, 7) is 11.2. The Morgan fingerprint density at radius 1 is 1.28 bits per heavy atom. The lowest BCUT2D eigenvalue weighted by molar-refractivity contribution is 0.0786. The highest BCUT2D eigenvalue weighted by atomic mass is 16.3. The highest BCUT2D eigenvalue weighted by Crippen LogP contribution is 2.25. The molecule has 0 aromatic heterocycles. The summed E-state index contributed by atoms with van der Waals surface area (Å²) in [6.07, 6.45) is 3.57. The van der Waals surface area contributed by atoms with Gasteiger partial charge in [0.25, 0.3) is 0 Å². The third-order valence-corrected chi connectivity index (χ3v) is 2.80. The van der Waals surface area contributed by atoms with Gasteiger partial charge in [-0.15, -0.1) is 0 Å². The molecule has 0 atom stereocenters. The first kappa shape index (κ1) is 14.4. The highest BCUT2D eigenvalue weighted by molar-refractivity contribution is 5.76. The maximum atomic E-state index is 9.92. The molecule has 1 aromatic rings. The van der Waals surface area contributed by atoms with Crippen LogP contribution in [0.25, 0.3) is 5.70 Å². The second kappa shape index (κ2) is 5.78. The predicted octanol–water partition coefficient (Wildman–Crippen LogP) is 3.92. The molecule has 0 unspecified atom stereocenters. The molecule has 0 radical (unpaired) electrons. The van der Waals surface area contributed by atoms with E-state index in [0.29, 0.717) is 0 Å². The van der Waals surface area contributed by atoms with E-state index < -0.39 is 5.60 Å². The van der Waals surface area contributed by atoms with Crippen molar-refractivity contribution in [2.24, 2.45) is 4.99 Å². The first-order chi connectivity index (χ1) is 8.40. The van der Waals surface area contributed by atoms with Gasteiger partial charge in [-0.2, -0.15) is 0 Å². The molecule has 96 valence electrons. The Hall–Kier alpha value is -1.67. The largest absolute Gasteiger partial charge is 0.386 e. The third-order valence-electron chi connectivity index (χ3n) is 2.80. The number of nitrogens with zero attached hydrogens (tertiary/aromatic N) is 1. The molecule has 0 fully saturated rings. The smallest absolute Gasteiger partial charge is 0.0840 e. The maximum absolute atomic E-state index is 9.92. The standard InChI is InChI=1S/C16H21NO/c1-6-12(3)15(17-7-2)13-8-10-14(11-9-13)16(4,5)18/h6-11,18H,1H2,2-5H3. The first-order valence-electron chi connectivity index (χ1n) is 6.05. The van der Waals surface area contributed by atoms with Crippen molar-refractivity contribution in [1.82, 2.24) is 0 Å². The van der Waals surface area contributed by atoms with Crippen molar-refractivity contribution in [1.29, 1.82) is 0 Å². The Labute approximate surface area is 109 Å². The van der Waals surface area contributed by atoms with Crippen molar-refractivity contribution in [3.8, 4) is 0 Å². The van der Waals surface area contributed by atoms with E-state index in [9.17, 15) is 5.11 Å². The number of hydrogen-bond acceptors (Lipinski definition) is 2. The van der Waals surface area contributed by atoms with Crippen LogP contribution < -0.4 is 0 Å². The number of benzene rings is 1. The van der Waals surface area contributed by atoms with E-state index in [-0.39, 0.29) is 0 Å². The minimum absolute atomic E-state index is 0.816. The van der Waals surface area contributed by atoms with Crippen LogP contribution in [0.3, 0.4) is 0 Å². The molecule has 1 N–H and O–H groups in total. The Morgan fingerprint density at radius 2 is 1.83 bits per heavy atom. The summed E-state index contributed by atoms with van der Waals surface area (Å²) >= 11 is 0. The molecule has 0 saturated carbocycles. The van der Waals surface area contributed by atoms with Crippen molar-refractivity contribution in [3.05, 3.63) is 53.6 Å². The van der Waals surface area contributed by atoms with Gasteiger partial charge in [0, 0.05) is 11.8 Å². The van der Waals surface area contributed by atoms with Gasteiger partial charge in [0.05, 0.1) is 11.3 Å². The SMILES string of the molecule is C=CC(C)=C(N=CC)c1ccc(C(C)(C)O)cc1. The average Bonchev–Trinajstić information content (AvgIpc) is 2.34. The van der Waals surface area contributed by atoms with Crippen molar-refractivity contribution in [3.63, 3.8) is 0 Å². The molecule has 0 aliphatic heterocycles. The monoisotopic (exact) mass is 243 g/mol. The second-order valence-electron chi connectivity index (χ2n) is 4.76. The minimum Gasteiger partial charge on any atom is -0.386 e. The van der Waals surface area contributed by atoms with Gasteiger partial charge in [0.15, 0.2) is 0 Å². The summed E-state index contributed by atoms with van der Waals surface area (Å²) in [5, 5.41) is 9.92. The number of allylic oxidation sites excluding steroid dienone is 2. The zero-order valence-electron chi connectivity index (χ0n) is 11.6. The van der Waals surface area contributed by atoms with Gasteiger partial charge in [-0.05, 0) is 38.8 Å². The van der Waals surface area contributed by atoms with Gasteiger partial charge >= 0.3 is 0 Å². The van der Waals surface area contributed by atoms with E-state index in [4.69, 9.17) is 0 Å². The molecule has 2 nitrogen and oxygen atoms in total. The molecule has 0 amide bonds. The summed E-state index contributed by atoms with van der Waals surface area (Å²) in [6, 6.07) is 7.80. The van der Waals surface area contributed by atoms with Crippen LogP contribution in [-0.4, -0.2) is 11.3 Å². The van der Waals surface area contributed by atoms with Crippen LogP contribution in [0, 0.1) is 0 Å². The van der Waals surface area contributed by atoms with Gasteiger partial charge in [-0.3, -0.25) is 4.99 Å². The molecule has 2 heteroatoms. The van der Waals surface area contributed by atoms with Crippen LogP contribution in [-0.2, 0) is 5.60 Å². The molecule has 0 bridgehead atoms. The van der Waals surface area contributed by atoms with Crippen LogP contribution in [0.1, 0.15) is 38.8 Å². The number of hydrogen-bond donors (Lipinski definition) is 1. The fraction of sp³-hybridized carbons (Fsp3) is 0.312. The Kier molecular flexibility index (Phi) is 4.62. The fourth-order valence-corrected chi connectivity index (χ4v) is 1.67.